The molecule has 1 aromatic heterocycles. The Morgan fingerprint density at radius 2 is 1.03 bits per heavy atom. The summed E-state index contributed by atoms with van der Waals surface area (Å²) in [6, 6.07) is 23.9. The number of aromatic nitrogens is 2. The minimum absolute atomic E-state index is 0.698. The maximum atomic E-state index is 5.36. The first-order valence-corrected chi connectivity index (χ1v) is 11.0. The third-order valence-electron chi connectivity index (χ3n) is 5.56. The molecule has 0 aliphatic heterocycles. The number of aryl methyl sites for hydroxylation is 1. The quantitative estimate of drug-likeness (QED) is 0.315. The van der Waals surface area contributed by atoms with Crippen LogP contribution in [0.3, 0.4) is 0 Å². The predicted molar refractivity (Wildman–Crippen MR) is 132 cm³/mol. The molecule has 168 valence electrons. The lowest BCUT2D eigenvalue weighted by atomic mass is 9.95. The summed E-state index contributed by atoms with van der Waals surface area (Å²) < 4.78 is 16.0. The number of ether oxygens (including phenoxy) is 3. The Labute approximate surface area is 195 Å². The van der Waals surface area contributed by atoms with Gasteiger partial charge in [0.05, 0.1) is 32.7 Å². The smallest absolute Gasteiger partial charge is 0.160 e. The second-order valence-electron chi connectivity index (χ2n) is 7.65. The summed E-state index contributed by atoms with van der Waals surface area (Å²) in [5.41, 5.74) is 5.98. The first kappa shape index (κ1) is 22.3. The highest BCUT2D eigenvalue weighted by molar-refractivity contribution is 5.84. The van der Waals surface area contributed by atoms with Crippen LogP contribution in [0.5, 0.6) is 17.2 Å². The molecule has 0 bridgehead atoms. The Balaban J connectivity index is 1.95. The van der Waals surface area contributed by atoms with Gasteiger partial charge in [0.1, 0.15) is 17.2 Å². The summed E-state index contributed by atoms with van der Waals surface area (Å²) in [6.45, 7) is 2.17. The first-order valence-electron chi connectivity index (χ1n) is 11.0. The molecule has 0 atom stereocenters. The van der Waals surface area contributed by atoms with Crippen molar-refractivity contribution in [3.63, 3.8) is 0 Å². The lowest BCUT2D eigenvalue weighted by Gasteiger charge is -2.17. The van der Waals surface area contributed by atoms with Crippen molar-refractivity contribution in [2.24, 2.45) is 0 Å². The molecular weight excluding hydrogens is 412 g/mol. The van der Waals surface area contributed by atoms with Crippen LogP contribution in [0.1, 0.15) is 19.0 Å². The zero-order valence-electron chi connectivity index (χ0n) is 19.5. The predicted octanol–water partition coefficient (Wildman–Crippen LogP) is 6.46. The van der Waals surface area contributed by atoms with Crippen molar-refractivity contribution >= 4 is 0 Å². The van der Waals surface area contributed by atoms with Crippen molar-refractivity contribution in [1.29, 1.82) is 0 Å². The van der Waals surface area contributed by atoms with Gasteiger partial charge in [0.2, 0.25) is 0 Å². The van der Waals surface area contributed by atoms with E-state index in [2.05, 4.69) is 19.1 Å². The van der Waals surface area contributed by atoms with E-state index in [4.69, 9.17) is 24.2 Å². The molecule has 0 saturated heterocycles. The van der Waals surface area contributed by atoms with E-state index in [0.717, 1.165) is 63.7 Å². The highest BCUT2D eigenvalue weighted by atomic mass is 16.5. The van der Waals surface area contributed by atoms with Crippen LogP contribution in [-0.4, -0.2) is 31.3 Å². The summed E-state index contributed by atoms with van der Waals surface area (Å²) in [6.07, 6.45) is 1.82. The molecular formula is C28H28N2O3. The van der Waals surface area contributed by atoms with E-state index in [0.29, 0.717) is 5.82 Å². The second kappa shape index (κ2) is 10.2. The van der Waals surface area contributed by atoms with Crippen molar-refractivity contribution in [1.82, 2.24) is 9.97 Å². The van der Waals surface area contributed by atoms with Gasteiger partial charge < -0.3 is 14.2 Å². The van der Waals surface area contributed by atoms with Gasteiger partial charge in [-0.25, -0.2) is 9.97 Å². The fourth-order valence-corrected chi connectivity index (χ4v) is 3.81. The van der Waals surface area contributed by atoms with Crippen LogP contribution in [0.25, 0.3) is 33.8 Å². The molecule has 0 saturated carbocycles. The van der Waals surface area contributed by atoms with E-state index in [1.165, 1.54) is 0 Å². The van der Waals surface area contributed by atoms with Crippen molar-refractivity contribution in [2.75, 3.05) is 21.3 Å². The third-order valence-corrected chi connectivity index (χ3v) is 5.56. The Kier molecular flexibility index (Phi) is 6.89. The standard InChI is InChI=1S/C28H28N2O3/c1-5-6-25-26(19-7-13-22(31-2)14-8-19)27(20-9-15-23(32-3)16-10-20)30-28(29-25)21-11-17-24(33-4)18-12-21/h7-18H,5-6H2,1-4H3. The molecule has 0 radical (unpaired) electrons. The van der Waals surface area contributed by atoms with E-state index >= 15 is 0 Å². The van der Waals surface area contributed by atoms with Crippen LogP contribution >= 0.6 is 0 Å². The minimum Gasteiger partial charge on any atom is -0.497 e. The second-order valence-corrected chi connectivity index (χ2v) is 7.65. The Bertz CT molecular complexity index is 1200. The van der Waals surface area contributed by atoms with Gasteiger partial charge in [-0.2, -0.15) is 0 Å². The molecule has 1 heterocycles. The number of hydrogen-bond acceptors (Lipinski definition) is 5. The maximum absolute atomic E-state index is 5.36. The molecule has 0 amide bonds. The van der Waals surface area contributed by atoms with E-state index in [9.17, 15) is 0 Å². The SMILES string of the molecule is CCCc1nc(-c2ccc(OC)cc2)nc(-c2ccc(OC)cc2)c1-c1ccc(OC)cc1. The Hall–Kier alpha value is -3.86. The zero-order chi connectivity index (χ0) is 23.2. The molecule has 0 unspecified atom stereocenters. The number of nitrogens with zero attached hydrogens (tertiary/aromatic N) is 2. The van der Waals surface area contributed by atoms with Crippen molar-refractivity contribution in [2.45, 2.75) is 19.8 Å². The highest BCUT2D eigenvalue weighted by Crippen LogP contribution is 2.37. The number of rotatable bonds is 8. The van der Waals surface area contributed by atoms with Crippen LogP contribution < -0.4 is 14.2 Å². The third kappa shape index (κ3) is 4.82. The van der Waals surface area contributed by atoms with Crippen LogP contribution in [0.15, 0.2) is 72.8 Å². The monoisotopic (exact) mass is 440 g/mol. The average molecular weight is 441 g/mol. The van der Waals surface area contributed by atoms with Gasteiger partial charge in [-0.1, -0.05) is 25.5 Å². The van der Waals surface area contributed by atoms with Crippen LogP contribution in [0.2, 0.25) is 0 Å². The molecule has 5 heteroatoms. The normalized spacial score (nSPS) is 10.7. The van der Waals surface area contributed by atoms with Crippen molar-refractivity contribution in [3.8, 4) is 51.0 Å². The van der Waals surface area contributed by atoms with Crippen molar-refractivity contribution < 1.29 is 14.2 Å². The summed E-state index contributed by atoms with van der Waals surface area (Å²) in [5, 5.41) is 0. The average Bonchev–Trinajstić information content (AvgIpc) is 2.88. The van der Waals surface area contributed by atoms with Gasteiger partial charge in [-0.05, 0) is 72.6 Å². The van der Waals surface area contributed by atoms with Gasteiger partial charge in [0.15, 0.2) is 5.82 Å². The van der Waals surface area contributed by atoms with Gasteiger partial charge in [0.25, 0.3) is 0 Å². The molecule has 4 rings (SSSR count). The fraction of sp³-hybridized carbons (Fsp3) is 0.214. The first-order chi connectivity index (χ1) is 16.2. The molecule has 0 N–H and O–H groups in total. The lowest BCUT2D eigenvalue weighted by Crippen LogP contribution is -2.03. The molecule has 3 aromatic carbocycles. The lowest BCUT2D eigenvalue weighted by molar-refractivity contribution is 0.414. The zero-order valence-corrected chi connectivity index (χ0v) is 19.5. The molecule has 0 aliphatic carbocycles. The number of hydrogen-bond donors (Lipinski definition) is 0. The largest absolute Gasteiger partial charge is 0.497 e. The minimum atomic E-state index is 0.698. The Morgan fingerprint density at radius 1 is 0.576 bits per heavy atom. The topological polar surface area (TPSA) is 53.5 Å². The van der Waals surface area contributed by atoms with E-state index < -0.39 is 0 Å². The molecule has 5 nitrogen and oxygen atoms in total. The molecule has 0 fully saturated rings. The summed E-state index contributed by atoms with van der Waals surface area (Å²) in [4.78, 5) is 10.1. The molecule has 4 aromatic rings. The summed E-state index contributed by atoms with van der Waals surface area (Å²) in [7, 11) is 5.01. The van der Waals surface area contributed by atoms with Crippen LogP contribution in [0.4, 0.5) is 0 Å². The molecule has 33 heavy (non-hydrogen) atoms. The number of methoxy groups -OCH3 is 3. The highest BCUT2D eigenvalue weighted by Gasteiger charge is 2.18. The van der Waals surface area contributed by atoms with Gasteiger partial charge in [-0.3, -0.25) is 0 Å². The van der Waals surface area contributed by atoms with Gasteiger partial charge in [-0.15, -0.1) is 0 Å². The van der Waals surface area contributed by atoms with E-state index in [1.54, 1.807) is 21.3 Å². The van der Waals surface area contributed by atoms with Crippen LogP contribution in [0, 0.1) is 0 Å². The van der Waals surface area contributed by atoms with Gasteiger partial charge in [0, 0.05) is 16.7 Å². The molecule has 0 aliphatic rings. The summed E-state index contributed by atoms with van der Waals surface area (Å²) >= 11 is 0. The number of benzene rings is 3. The Morgan fingerprint density at radius 3 is 1.48 bits per heavy atom. The van der Waals surface area contributed by atoms with E-state index in [-0.39, 0.29) is 0 Å². The van der Waals surface area contributed by atoms with Crippen LogP contribution in [-0.2, 0) is 6.42 Å². The van der Waals surface area contributed by atoms with Crippen molar-refractivity contribution in [3.05, 3.63) is 78.5 Å². The molecule has 0 spiro atoms. The van der Waals surface area contributed by atoms with E-state index in [1.807, 2.05) is 60.7 Å². The van der Waals surface area contributed by atoms with Gasteiger partial charge >= 0.3 is 0 Å². The fourth-order valence-electron chi connectivity index (χ4n) is 3.81. The summed E-state index contributed by atoms with van der Waals surface area (Å²) in [5.74, 6) is 3.13. The maximum Gasteiger partial charge on any atom is 0.160 e.